The average Bonchev–Trinajstić information content (AvgIpc) is 3.61. The van der Waals surface area contributed by atoms with Gasteiger partial charge in [-0.3, -0.25) is 9.59 Å². The van der Waals surface area contributed by atoms with Gasteiger partial charge in [0.25, 0.3) is 5.91 Å². The highest BCUT2D eigenvalue weighted by molar-refractivity contribution is 5.91. The summed E-state index contributed by atoms with van der Waals surface area (Å²) in [5.74, 6) is 0.715. The van der Waals surface area contributed by atoms with Gasteiger partial charge in [-0.15, -0.1) is 0 Å². The maximum Gasteiger partial charge on any atom is 0.287 e. The second-order valence-corrected chi connectivity index (χ2v) is 11.2. The molecule has 0 unspecified atom stereocenters. The van der Waals surface area contributed by atoms with Crippen LogP contribution in [0.15, 0.2) is 59.0 Å². The highest BCUT2D eigenvalue weighted by Crippen LogP contribution is 2.39. The number of amides is 2. The number of hydrogen-bond donors (Lipinski definition) is 1. The van der Waals surface area contributed by atoms with Crippen LogP contribution in [-0.4, -0.2) is 42.5 Å². The molecule has 0 aliphatic carbocycles. The molecule has 2 aromatic carbocycles. The van der Waals surface area contributed by atoms with Crippen LogP contribution >= 0.6 is 0 Å². The number of benzene rings is 2. The average molecular weight is 535 g/mol. The molecule has 8 heteroatoms. The topological polar surface area (TPSA) is 81.0 Å². The van der Waals surface area contributed by atoms with Crippen molar-refractivity contribution < 1.29 is 27.9 Å². The van der Waals surface area contributed by atoms with Gasteiger partial charge in [-0.05, 0) is 72.4 Å². The first-order valence-electron chi connectivity index (χ1n) is 13.5. The minimum Gasteiger partial charge on any atom is -0.486 e. The summed E-state index contributed by atoms with van der Waals surface area (Å²) in [6.07, 6.45) is 2.72. The Balaban J connectivity index is 1.32. The number of nitrogens with zero attached hydrogens (tertiary/aromatic N) is 1. The molecule has 1 aromatic heterocycles. The zero-order valence-corrected chi connectivity index (χ0v) is 22.7. The molecule has 2 atom stereocenters. The lowest BCUT2D eigenvalue weighted by atomic mass is 9.85. The number of carbonyl (C=O) groups is 2. The molecular weight excluding hydrogens is 499 g/mol. The monoisotopic (exact) mass is 534 g/mol. The lowest BCUT2D eigenvalue weighted by Crippen LogP contribution is -2.45. The number of nitrogens with one attached hydrogen (secondary N) is 1. The summed E-state index contributed by atoms with van der Waals surface area (Å²) in [6, 6.07) is 15.2. The van der Waals surface area contributed by atoms with E-state index in [-0.39, 0.29) is 36.1 Å². The van der Waals surface area contributed by atoms with Gasteiger partial charge in [-0.25, -0.2) is 4.39 Å². The molecule has 7 nitrogen and oxygen atoms in total. The number of carbonyl (C=O) groups excluding carboxylic acids is 2. The molecule has 2 amide bonds. The van der Waals surface area contributed by atoms with Crippen molar-refractivity contribution in [2.45, 2.75) is 58.8 Å². The summed E-state index contributed by atoms with van der Waals surface area (Å²) in [6.45, 7) is 7.57. The maximum atomic E-state index is 14.3. The Hall–Kier alpha value is -3.65. The van der Waals surface area contributed by atoms with Gasteiger partial charge < -0.3 is 24.1 Å². The van der Waals surface area contributed by atoms with Gasteiger partial charge in [-0.2, -0.15) is 0 Å². The van der Waals surface area contributed by atoms with Gasteiger partial charge in [0.1, 0.15) is 23.9 Å². The molecule has 0 spiro atoms. The molecule has 3 aromatic rings. The Morgan fingerprint density at radius 3 is 2.72 bits per heavy atom. The fourth-order valence-corrected chi connectivity index (χ4v) is 5.20. The van der Waals surface area contributed by atoms with Crippen LogP contribution in [0.1, 0.15) is 72.7 Å². The Morgan fingerprint density at radius 1 is 1.13 bits per heavy atom. The van der Waals surface area contributed by atoms with Crippen molar-refractivity contribution in [2.24, 2.45) is 5.41 Å². The molecule has 5 rings (SSSR count). The number of furan rings is 1. The number of hydrogen-bond acceptors (Lipinski definition) is 5. The summed E-state index contributed by atoms with van der Waals surface area (Å²) in [5, 5.41) is 2.85. The highest BCUT2D eigenvalue weighted by atomic mass is 19.1. The molecule has 2 aliphatic rings. The fraction of sp³-hybridized carbons (Fsp3) is 0.419. The normalized spacial score (nSPS) is 19.0. The van der Waals surface area contributed by atoms with E-state index in [2.05, 4.69) is 5.32 Å². The predicted octanol–water partition coefficient (Wildman–Crippen LogP) is 5.43. The van der Waals surface area contributed by atoms with Gasteiger partial charge in [0.05, 0.1) is 12.1 Å². The standard InChI is InChI=1S/C31H35FN2O5/c1-31(2,3)30(36)34-14-13-20-9-10-23(17-26(20)28(34)21-6-4-7-22(32)16-21)38-19-25-11-12-27(39-25)29(35)33-18-24-8-5-15-37-24/h4,6-7,9-12,16-17,24,28H,5,8,13-15,18-19H2,1-3H3,(H,33,35)/t24-,28+/m0/s1. The van der Waals surface area contributed by atoms with E-state index in [1.807, 2.05) is 49.9 Å². The van der Waals surface area contributed by atoms with Crippen LogP contribution in [0.25, 0.3) is 0 Å². The van der Waals surface area contributed by atoms with Crippen molar-refractivity contribution in [2.75, 3.05) is 19.7 Å². The van der Waals surface area contributed by atoms with Crippen LogP contribution in [0.2, 0.25) is 0 Å². The maximum absolute atomic E-state index is 14.3. The summed E-state index contributed by atoms with van der Waals surface area (Å²) in [4.78, 5) is 27.7. The minimum absolute atomic E-state index is 0.00891. The van der Waals surface area contributed by atoms with Crippen molar-refractivity contribution in [3.05, 3.63) is 88.6 Å². The second kappa shape index (κ2) is 11.2. The molecule has 2 aliphatic heterocycles. The number of rotatable bonds is 7. The zero-order chi connectivity index (χ0) is 27.6. The zero-order valence-electron chi connectivity index (χ0n) is 22.7. The van der Waals surface area contributed by atoms with E-state index in [4.69, 9.17) is 13.9 Å². The smallest absolute Gasteiger partial charge is 0.287 e. The molecule has 0 radical (unpaired) electrons. The van der Waals surface area contributed by atoms with Gasteiger partial charge >= 0.3 is 0 Å². The molecule has 206 valence electrons. The van der Waals surface area contributed by atoms with Crippen molar-refractivity contribution in [3.63, 3.8) is 0 Å². The third-order valence-corrected chi connectivity index (χ3v) is 7.19. The predicted molar refractivity (Wildman–Crippen MR) is 144 cm³/mol. The highest BCUT2D eigenvalue weighted by Gasteiger charge is 2.37. The van der Waals surface area contributed by atoms with E-state index in [1.54, 1.807) is 18.2 Å². The summed E-state index contributed by atoms with van der Waals surface area (Å²) < 4.78 is 31.6. The van der Waals surface area contributed by atoms with Crippen LogP contribution < -0.4 is 10.1 Å². The number of fused-ring (bicyclic) bond motifs is 1. The van der Waals surface area contributed by atoms with Gasteiger partial charge in [0.15, 0.2) is 5.76 Å². The Labute approximate surface area is 228 Å². The largest absolute Gasteiger partial charge is 0.486 e. The first-order chi connectivity index (χ1) is 18.7. The van der Waals surface area contributed by atoms with Gasteiger partial charge in [0, 0.05) is 25.1 Å². The van der Waals surface area contributed by atoms with Crippen LogP contribution in [0.5, 0.6) is 5.75 Å². The van der Waals surface area contributed by atoms with Crippen molar-refractivity contribution in [3.8, 4) is 5.75 Å². The molecule has 3 heterocycles. The lowest BCUT2D eigenvalue weighted by Gasteiger charge is -2.41. The molecule has 1 N–H and O–H groups in total. The van der Waals surface area contributed by atoms with Gasteiger partial charge in [-0.1, -0.05) is 39.0 Å². The third-order valence-electron chi connectivity index (χ3n) is 7.19. The molecule has 0 saturated carbocycles. The van der Waals surface area contributed by atoms with Crippen molar-refractivity contribution in [1.82, 2.24) is 10.2 Å². The van der Waals surface area contributed by atoms with Crippen LogP contribution in [0.3, 0.4) is 0 Å². The first-order valence-corrected chi connectivity index (χ1v) is 13.5. The molecule has 1 fully saturated rings. The number of ether oxygens (including phenoxy) is 2. The van der Waals surface area contributed by atoms with E-state index in [0.717, 1.165) is 36.1 Å². The van der Waals surface area contributed by atoms with E-state index in [1.165, 1.54) is 12.1 Å². The third kappa shape index (κ3) is 6.17. The van der Waals surface area contributed by atoms with E-state index in [9.17, 15) is 14.0 Å². The number of halogens is 1. The lowest BCUT2D eigenvalue weighted by molar-refractivity contribution is -0.141. The summed E-state index contributed by atoms with van der Waals surface area (Å²) in [5.41, 5.74) is 2.15. The summed E-state index contributed by atoms with van der Waals surface area (Å²) in [7, 11) is 0. The second-order valence-electron chi connectivity index (χ2n) is 11.2. The molecule has 1 saturated heterocycles. The van der Waals surface area contributed by atoms with E-state index < -0.39 is 11.5 Å². The Morgan fingerprint density at radius 2 is 1.97 bits per heavy atom. The SMILES string of the molecule is CC(C)(C)C(=O)N1CCc2ccc(OCc3ccc(C(=O)NC[C@@H]4CCCO4)o3)cc2[C@H]1c1cccc(F)c1. The fourth-order valence-electron chi connectivity index (χ4n) is 5.20. The van der Waals surface area contributed by atoms with Crippen LogP contribution in [0, 0.1) is 11.2 Å². The summed E-state index contributed by atoms with van der Waals surface area (Å²) >= 11 is 0. The Kier molecular flexibility index (Phi) is 7.75. The van der Waals surface area contributed by atoms with Crippen LogP contribution in [0.4, 0.5) is 4.39 Å². The minimum atomic E-state index is -0.579. The Bertz CT molecular complexity index is 1340. The van der Waals surface area contributed by atoms with E-state index in [0.29, 0.717) is 31.0 Å². The molecule has 0 bridgehead atoms. The van der Waals surface area contributed by atoms with Gasteiger partial charge in [0.2, 0.25) is 5.91 Å². The quantitative estimate of drug-likeness (QED) is 0.437. The first kappa shape index (κ1) is 26.9. The van der Waals surface area contributed by atoms with E-state index >= 15 is 0 Å². The molecular formula is C31H35FN2O5. The van der Waals surface area contributed by atoms with Crippen LogP contribution in [-0.2, 0) is 22.6 Å². The van der Waals surface area contributed by atoms with Crippen molar-refractivity contribution in [1.29, 1.82) is 0 Å². The molecule has 39 heavy (non-hydrogen) atoms. The van der Waals surface area contributed by atoms with Crippen molar-refractivity contribution >= 4 is 11.8 Å².